The molecule has 84 valence electrons. The quantitative estimate of drug-likeness (QED) is 0.713. The second-order valence-electron chi connectivity index (χ2n) is 4.06. The van der Waals surface area contributed by atoms with Crippen LogP contribution in [0.2, 0.25) is 0 Å². The smallest absolute Gasteiger partial charge is 0.448 e. The standard InChI is InChI=1S/C7H14BF3NO2/c1-5(8(9,10)11)12-6(13)14-7(2,3)4/h5H,1-4H3,(H,12,13)/q-1/t5-/m1/s1. The second kappa shape index (κ2) is 4.10. The molecule has 1 atom stereocenters. The lowest BCUT2D eigenvalue weighted by atomic mass is 9.81. The van der Waals surface area contributed by atoms with Crippen LogP contribution >= 0.6 is 0 Å². The van der Waals surface area contributed by atoms with Gasteiger partial charge in [-0.05, 0) is 26.7 Å². The summed E-state index contributed by atoms with van der Waals surface area (Å²) in [6, 6.07) is 0. The van der Waals surface area contributed by atoms with Gasteiger partial charge in [-0.3, -0.25) is 0 Å². The summed E-state index contributed by atoms with van der Waals surface area (Å²) in [5, 5.41) is 1.72. The minimum atomic E-state index is -5.06. The molecule has 0 fully saturated rings. The Balaban J connectivity index is 4.09. The zero-order valence-corrected chi connectivity index (χ0v) is 8.61. The molecule has 3 nitrogen and oxygen atoms in total. The lowest BCUT2D eigenvalue weighted by Gasteiger charge is -2.26. The van der Waals surface area contributed by atoms with Crippen molar-refractivity contribution < 1.29 is 22.5 Å². The highest BCUT2D eigenvalue weighted by atomic mass is 19.4. The summed E-state index contributed by atoms with van der Waals surface area (Å²) in [6.07, 6.45) is -1.05. The van der Waals surface area contributed by atoms with Crippen LogP contribution in [0.5, 0.6) is 0 Å². The largest absolute Gasteiger partial charge is 0.500 e. The lowest BCUT2D eigenvalue weighted by Crippen LogP contribution is -2.48. The number of hydrogen-bond donors (Lipinski definition) is 1. The Hall–Kier alpha value is -0.875. The normalized spacial score (nSPS) is 14.8. The molecule has 7 heteroatoms. The van der Waals surface area contributed by atoms with Gasteiger partial charge < -0.3 is 23.0 Å². The summed E-state index contributed by atoms with van der Waals surface area (Å²) in [5.74, 6) is -1.84. The van der Waals surface area contributed by atoms with Crippen molar-refractivity contribution >= 4 is 13.1 Å². The number of carbonyl (C=O) groups is 1. The van der Waals surface area contributed by atoms with E-state index in [0.29, 0.717) is 0 Å². The van der Waals surface area contributed by atoms with E-state index in [4.69, 9.17) is 0 Å². The van der Waals surface area contributed by atoms with Gasteiger partial charge in [0.2, 0.25) is 0 Å². The topological polar surface area (TPSA) is 38.3 Å². The molecule has 0 aromatic rings. The third-order valence-corrected chi connectivity index (χ3v) is 1.31. The third kappa shape index (κ3) is 5.72. The zero-order valence-electron chi connectivity index (χ0n) is 8.61. The van der Waals surface area contributed by atoms with Crippen LogP contribution in [0.4, 0.5) is 17.7 Å². The first-order valence-electron chi connectivity index (χ1n) is 4.22. The van der Waals surface area contributed by atoms with E-state index < -0.39 is 24.6 Å². The number of hydrogen-bond acceptors (Lipinski definition) is 2. The number of amides is 1. The van der Waals surface area contributed by atoms with Crippen LogP contribution in [-0.4, -0.2) is 24.6 Å². The minimum absolute atomic E-state index is 0.789. The molecule has 0 aliphatic rings. The first-order valence-corrected chi connectivity index (χ1v) is 4.22. The molecule has 0 aromatic heterocycles. The molecule has 1 amide bonds. The molecule has 0 spiro atoms. The van der Waals surface area contributed by atoms with Gasteiger partial charge in [-0.1, -0.05) is 6.92 Å². The Bertz CT molecular complexity index is 212. The van der Waals surface area contributed by atoms with E-state index in [1.54, 1.807) is 26.1 Å². The highest BCUT2D eigenvalue weighted by Crippen LogP contribution is 2.14. The maximum absolute atomic E-state index is 12.0. The molecule has 1 N–H and O–H groups in total. The van der Waals surface area contributed by atoms with Crippen LogP contribution in [0.15, 0.2) is 0 Å². The van der Waals surface area contributed by atoms with Crippen molar-refractivity contribution in [2.24, 2.45) is 0 Å². The molecule has 0 saturated heterocycles. The summed E-state index contributed by atoms with van der Waals surface area (Å²) in [7, 11) is 0. The van der Waals surface area contributed by atoms with Crippen molar-refractivity contribution in [2.75, 3.05) is 0 Å². The van der Waals surface area contributed by atoms with Crippen LogP contribution in [0, 0.1) is 0 Å². The van der Waals surface area contributed by atoms with Crippen molar-refractivity contribution in [1.29, 1.82) is 0 Å². The molecule has 0 unspecified atom stereocenters. The number of carbonyl (C=O) groups excluding carboxylic acids is 1. The van der Waals surface area contributed by atoms with Crippen molar-refractivity contribution in [3.8, 4) is 0 Å². The van der Waals surface area contributed by atoms with Gasteiger partial charge in [0, 0.05) is 0 Å². The van der Waals surface area contributed by atoms with Crippen molar-refractivity contribution in [1.82, 2.24) is 5.32 Å². The van der Waals surface area contributed by atoms with Crippen LogP contribution in [-0.2, 0) is 4.74 Å². The van der Waals surface area contributed by atoms with Crippen LogP contribution < -0.4 is 5.32 Å². The maximum Gasteiger partial charge on any atom is 0.500 e. The van der Waals surface area contributed by atoms with E-state index in [2.05, 4.69) is 4.74 Å². The summed E-state index contributed by atoms with van der Waals surface area (Å²) < 4.78 is 40.8. The number of alkyl carbamates (subject to hydrolysis) is 1. The first kappa shape index (κ1) is 13.1. The maximum atomic E-state index is 12.0. The average molecular weight is 212 g/mol. The molecular weight excluding hydrogens is 198 g/mol. The van der Waals surface area contributed by atoms with Crippen LogP contribution in [0.25, 0.3) is 0 Å². The predicted molar refractivity (Wildman–Crippen MR) is 47.9 cm³/mol. The van der Waals surface area contributed by atoms with Crippen molar-refractivity contribution in [2.45, 2.75) is 39.2 Å². The van der Waals surface area contributed by atoms with E-state index in [-0.39, 0.29) is 0 Å². The molecule has 14 heavy (non-hydrogen) atoms. The zero-order chi connectivity index (χ0) is 11.6. The Morgan fingerprint density at radius 1 is 1.36 bits per heavy atom. The Kier molecular flexibility index (Phi) is 3.85. The van der Waals surface area contributed by atoms with E-state index in [1.165, 1.54) is 0 Å². The molecule has 0 saturated carbocycles. The fourth-order valence-electron chi connectivity index (χ4n) is 0.588. The second-order valence-corrected chi connectivity index (χ2v) is 4.06. The van der Waals surface area contributed by atoms with E-state index in [9.17, 15) is 17.7 Å². The van der Waals surface area contributed by atoms with E-state index >= 15 is 0 Å². The Labute approximate surface area is 81.1 Å². The molecule has 0 aliphatic carbocycles. The Morgan fingerprint density at radius 2 is 1.79 bits per heavy atom. The van der Waals surface area contributed by atoms with Crippen molar-refractivity contribution in [3.05, 3.63) is 0 Å². The van der Waals surface area contributed by atoms with Gasteiger partial charge in [0.15, 0.2) is 0 Å². The summed E-state index contributed by atoms with van der Waals surface area (Å²) in [4.78, 5) is 10.9. The molecule has 0 bridgehead atoms. The van der Waals surface area contributed by atoms with Gasteiger partial charge in [0.05, 0.1) is 0 Å². The van der Waals surface area contributed by atoms with Gasteiger partial charge in [0.25, 0.3) is 0 Å². The number of rotatable bonds is 2. The van der Waals surface area contributed by atoms with Crippen molar-refractivity contribution in [3.63, 3.8) is 0 Å². The number of nitrogens with one attached hydrogen (secondary N) is 1. The fraction of sp³-hybridized carbons (Fsp3) is 0.857. The lowest BCUT2D eigenvalue weighted by molar-refractivity contribution is 0.0514. The molecule has 0 aliphatic heterocycles. The van der Waals surface area contributed by atoms with Gasteiger partial charge in [-0.15, -0.1) is 0 Å². The van der Waals surface area contributed by atoms with Gasteiger partial charge in [-0.2, -0.15) is 0 Å². The monoisotopic (exact) mass is 212 g/mol. The van der Waals surface area contributed by atoms with Gasteiger partial charge >= 0.3 is 13.1 Å². The summed E-state index contributed by atoms with van der Waals surface area (Å²) >= 11 is 0. The van der Waals surface area contributed by atoms with Crippen LogP contribution in [0.3, 0.4) is 0 Å². The van der Waals surface area contributed by atoms with Crippen LogP contribution in [0.1, 0.15) is 27.7 Å². The number of halogens is 3. The summed E-state index contributed by atoms with van der Waals surface area (Å²) in [5.41, 5.74) is -0.789. The van der Waals surface area contributed by atoms with E-state index in [1.807, 2.05) is 0 Å². The predicted octanol–water partition coefficient (Wildman–Crippen LogP) is 2.29. The minimum Gasteiger partial charge on any atom is -0.448 e. The average Bonchev–Trinajstić information content (AvgIpc) is 1.79. The SMILES string of the molecule is C[C@@H](NC(=O)OC(C)(C)C)[B-](F)(F)F. The molecule has 0 aromatic carbocycles. The van der Waals surface area contributed by atoms with E-state index in [0.717, 1.165) is 6.92 Å². The molecular formula is C7H14BF3NO2-. The number of ether oxygens (including phenoxy) is 1. The molecule has 0 heterocycles. The molecule has 0 radical (unpaired) electrons. The highest BCUT2D eigenvalue weighted by molar-refractivity contribution is 6.60. The fourth-order valence-corrected chi connectivity index (χ4v) is 0.588. The van der Waals surface area contributed by atoms with Gasteiger partial charge in [0.1, 0.15) is 5.60 Å². The first-order chi connectivity index (χ1) is 6.02. The molecule has 0 rings (SSSR count). The Morgan fingerprint density at radius 3 is 2.07 bits per heavy atom. The third-order valence-electron chi connectivity index (χ3n) is 1.31. The highest BCUT2D eigenvalue weighted by Gasteiger charge is 2.33. The summed E-state index contributed by atoms with van der Waals surface area (Å²) in [6.45, 7) is 0.556. The van der Waals surface area contributed by atoms with Gasteiger partial charge in [-0.25, -0.2) is 4.79 Å².